The van der Waals surface area contributed by atoms with E-state index in [2.05, 4.69) is 0 Å². The summed E-state index contributed by atoms with van der Waals surface area (Å²) in [5.41, 5.74) is -1.22. The van der Waals surface area contributed by atoms with Gasteiger partial charge in [-0.3, -0.25) is 4.79 Å². The maximum Gasteiger partial charge on any atom is 0.166 e. The van der Waals surface area contributed by atoms with E-state index in [-0.39, 0.29) is 39.6 Å². The van der Waals surface area contributed by atoms with Gasteiger partial charge in [0.05, 0.1) is 26.8 Å². The van der Waals surface area contributed by atoms with E-state index in [4.69, 9.17) is 0 Å². The maximum absolute atomic E-state index is 13.2. The minimum absolute atomic E-state index is 0.0248. The van der Waals surface area contributed by atoms with Gasteiger partial charge in [0.15, 0.2) is 14.7 Å². The number of carbonyl (C=O) groups is 1. The molecule has 0 radical (unpaired) electrons. The normalized spacial score (nSPS) is 22.4. The molecule has 0 spiro atoms. The molecule has 0 saturated heterocycles. The van der Waals surface area contributed by atoms with Crippen LogP contribution in [0.25, 0.3) is 0 Å². The fourth-order valence-electron chi connectivity index (χ4n) is 5.52. The van der Waals surface area contributed by atoms with Crippen molar-refractivity contribution in [2.75, 3.05) is 5.75 Å². The summed E-state index contributed by atoms with van der Waals surface area (Å²) in [5, 5.41) is 0. The molecule has 2 saturated carbocycles. The van der Waals surface area contributed by atoms with E-state index in [1.165, 1.54) is 24.3 Å². The van der Waals surface area contributed by atoms with Gasteiger partial charge in [0.1, 0.15) is 17.4 Å². The highest BCUT2D eigenvalue weighted by Crippen LogP contribution is 2.64. The topological polar surface area (TPSA) is 74.3 Å². The van der Waals surface area contributed by atoms with Crippen molar-refractivity contribution in [1.29, 1.82) is 0 Å². The number of fused-ring (bicyclic) bond motifs is 2. The van der Waals surface area contributed by atoms with Crippen LogP contribution in [0.1, 0.15) is 33.1 Å². The molecule has 2 atom stereocenters. The SMILES string of the molecule is CC1(C)C2CCC1(CS(=O)(=O)[O-])C(=O)C2.Fc1ccc([S+](c2ccccc2)c2ccc(F)cc2)cc1. The zero-order valence-corrected chi connectivity index (χ0v) is 21.7. The standard InChI is InChI=1S/C18H13F2S.C10H16O4S/c19-14-6-10-17(11-7-14)21(16-4-2-1-3-5-16)18-12-8-15(20)9-13-18;1-9(2)7-3-4-10(9,8(11)5-7)6-15(12,13)14/h1-13H;7H,3-6H2,1-2H3,(H,12,13,14)/q+1;/p-1. The van der Waals surface area contributed by atoms with Gasteiger partial charge >= 0.3 is 0 Å². The van der Waals surface area contributed by atoms with Crippen LogP contribution in [-0.4, -0.2) is 24.5 Å². The molecule has 4 nitrogen and oxygen atoms in total. The lowest BCUT2D eigenvalue weighted by Crippen LogP contribution is -2.42. The molecule has 3 aromatic rings. The molecule has 2 fully saturated rings. The highest BCUT2D eigenvalue weighted by Gasteiger charge is 2.64. The first-order valence-electron chi connectivity index (χ1n) is 11.7. The van der Waals surface area contributed by atoms with Gasteiger partial charge in [0.25, 0.3) is 0 Å². The predicted molar refractivity (Wildman–Crippen MR) is 135 cm³/mol. The fraction of sp³-hybridized carbons (Fsp3) is 0.321. The first-order chi connectivity index (χ1) is 16.9. The molecule has 0 heterocycles. The molecule has 0 N–H and O–H groups in total. The Morgan fingerprint density at radius 1 is 0.861 bits per heavy atom. The maximum atomic E-state index is 13.2. The molecule has 0 amide bonds. The summed E-state index contributed by atoms with van der Waals surface area (Å²) in [7, 11) is -4.69. The summed E-state index contributed by atoms with van der Waals surface area (Å²) in [6.45, 7) is 3.83. The second-order valence-electron chi connectivity index (χ2n) is 9.90. The lowest BCUT2D eigenvalue weighted by molar-refractivity contribution is -0.128. The fourth-order valence-corrected chi connectivity index (χ4v) is 8.86. The number of rotatable bonds is 5. The number of Topliss-reactive ketones (excluding diaryl/α,β-unsaturated/α-hetero) is 1. The lowest BCUT2D eigenvalue weighted by Gasteiger charge is -2.37. The highest BCUT2D eigenvalue weighted by molar-refractivity contribution is 7.97. The smallest absolute Gasteiger partial charge is 0.166 e. The van der Waals surface area contributed by atoms with Crippen molar-refractivity contribution in [1.82, 2.24) is 0 Å². The van der Waals surface area contributed by atoms with Crippen molar-refractivity contribution >= 4 is 26.8 Å². The number of benzene rings is 3. The highest BCUT2D eigenvalue weighted by atomic mass is 32.2. The monoisotopic (exact) mass is 530 g/mol. The third kappa shape index (κ3) is 5.26. The zero-order valence-electron chi connectivity index (χ0n) is 20.1. The third-order valence-corrected chi connectivity index (χ3v) is 10.7. The second-order valence-corrected chi connectivity index (χ2v) is 13.3. The molecule has 2 bridgehead atoms. The van der Waals surface area contributed by atoms with Crippen LogP contribution in [-0.2, 0) is 25.8 Å². The molecule has 0 aromatic heterocycles. The van der Waals surface area contributed by atoms with Gasteiger partial charge < -0.3 is 4.55 Å². The van der Waals surface area contributed by atoms with Crippen molar-refractivity contribution < 1.29 is 26.5 Å². The van der Waals surface area contributed by atoms with Gasteiger partial charge in [-0.15, -0.1) is 0 Å². The van der Waals surface area contributed by atoms with Crippen molar-refractivity contribution in [3.05, 3.63) is 90.5 Å². The van der Waals surface area contributed by atoms with Gasteiger partial charge in [-0.1, -0.05) is 32.0 Å². The first kappa shape index (κ1) is 26.5. The van der Waals surface area contributed by atoms with Crippen LogP contribution in [0.3, 0.4) is 0 Å². The van der Waals surface area contributed by atoms with Crippen LogP contribution >= 0.6 is 0 Å². The Morgan fingerprint density at radius 2 is 1.33 bits per heavy atom. The molecule has 190 valence electrons. The van der Waals surface area contributed by atoms with Gasteiger partial charge in [-0.2, -0.15) is 0 Å². The van der Waals surface area contributed by atoms with Crippen molar-refractivity contribution in [3.8, 4) is 0 Å². The Labute approximate surface area is 213 Å². The molecular formula is C28H28F2O4S2. The third-order valence-electron chi connectivity index (χ3n) is 7.64. The lowest BCUT2D eigenvalue weighted by atomic mass is 9.70. The molecule has 8 heteroatoms. The Hall–Kier alpha value is -2.55. The van der Waals surface area contributed by atoms with E-state index in [0.717, 1.165) is 21.1 Å². The van der Waals surface area contributed by atoms with Crippen molar-refractivity contribution in [2.45, 2.75) is 47.8 Å². The van der Waals surface area contributed by atoms with E-state index in [1.54, 1.807) is 24.3 Å². The van der Waals surface area contributed by atoms with Crippen LogP contribution in [0.2, 0.25) is 0 Å². The minimum atomic E-state index is -4.33. The molecular weight excluding hydrogens is 502 g/mol. The van der Waals surface area contributed by atoms with Gasteiger partial charge in [0.2, 0.25) is 0 Å². The van der Waals surface area contributed by atoms with Crippen LogP contribution < -0.4 is 0 Å². The van der Waals surface area contributed by atoms with E-state index < -0.39 is 21.3 Å². The number of hydrogen-bond acceptors (Lipinski definition) is 4. The summed E-state index contributed by atoms with van der Waals surface area (Å²) in [5.74, 6) is -0.790. The summed E-state index contributed by atoms with van der Waals surface area (Å²) >= 11 is 0. The molecule has 3 aromatic carbocycles. The van der Waals surface area contributed by atoms with E-state index in [0.29, 0.717) is 12.8 Å². The van der Waals surface area contributed by atoms with Gasteiger partial charge in [-0.05, 0) is 84.8 Å². The van der Waals surface area contributed by atoms with E-state index in [1.807, 2.05) is 44.2 Å². The average Bonchev–Trinajstić information content (AvgIpc) is 3.16. The molecule has 2 unspecified atom stereocenters. The summed E-state index contributed by atoms with van der Waals surface area (Å²) < 4.78 is 59.0. The summed E-state index contributed by atoms with van der Waals surface area (Å²) in [6, 6.07) is 23.0. The zero-order chi connectivity index (χ0) is 26.1. The number of halogens is 2. The van der Waals surface area contributed by atoms with Crippen LogP contribution in [0.4, 0.5) is 8.78 Å². The predicted octanol–water partition coefficient (Wildman–Crippen LogP) is 5.99. The van der Waals surface area contributed by atoms with Crippen molar-refractivity contribution in [2.24, 2.45) is 16.7 Å². The van der Waals surface area contributed by atoms with Gasteiger partial charge in [0, 0.05) is 11.8 Å². The Kier molecular flexibility index (Phi) is 7.42. The first-order valence-corrected chi connectivity index (χ1v) is 14.5. The molecule has 36 heavy (non-hydrogen) atoms. The van der Waals surface area contributed by atoms with Gasteiger partial charge in [-0.25, -0.2) is 17.2 Å². The largest absolute Gasteiger partial charge is 0.748 e. The Morgan fingerprint density at radius 3 is 1.72 bits per heavy atom. The number of carbonyl (C=O) groups excluding carboxylic acids is 1. The van der Waals surface area contributed by atoms with Crippen LogP contribution in [0.15, 0.2) is 93.5 Å². The molecule has 0 aliphatic heterocycles. The Balaban J connectivity index is 0.000000179. The second kappa shape index (κ2) is 10.1. The van der Waals surface area contributed by atoms with Crippen LogP contribution in [0.5, 0.6) is 0 Å². The average molecular weight is 531 g/mol. The number of ketones is 1. The summed E-state index contributed by atoms with van der Waals surface area (Å²) in [4.78, 5) is 15.0. The minimum Gasteiger partial charge on any atom is -0.748 e. The Bertz CT molecular complexity index is 1280. The molecule has 5 rings (SSSR count). The summed E-state index contributed by atoms with van der Waals surface area (Å²) in [6.07, 6.45) is 1.88. The van der Waals surface area contributed by atoms with E-state index >= 15 is 0 Å². The van der Waals surface area contributed by atoms with Crippen LogP contribution in [0, 0.1) is 28.4 Å². The quantitative estimate of drug-likeness (QED) is 0.300. The molecule has 2 aliphatic carbocycles. The number of hydrogen-bond donors (Lipinski definition) is 0. The van der Waals surface area contributed by atoms with Crippen molar-refractivity contribution in [3.63, 3.8) is 0 Å². The van der Waals surface area contributed by atoms with E-state index in [9.17, 15) is 26.5 Å². The molecule has 2 aliphatic rings.